The number of hydrogen-bond donors (Lipinski definition) is 0. The van der Waals surface area contributed by atoms with Gasteiger partial charge in [0.15, 0.2) is 0 Å². The smallest absolute Gasteiger partial charge is 0.323 e. The first kappa shape index (κ1) is 13.1. The molecule has 1 aromatic rings. The molecule has 1 heterocycles. The topological polar surface area (TPSA) is 29.5 Å². The van der Waals surface area contributed by atoms with E-state index in [2.05, 4.69) is 24.0 Å². The molecule has 1 unspecified atom stereocenters. The number of piperidine rings is 1. The van der Waals surface area contributed by atoms with Crippen LogP contribution in [0, 0.1) is 0 Å². The molecule has 0 aromatic heterocycles. The average Bonchev–Trinajstić information content (AvgIpc) is 2.46. The summed E-state index contributed by atoms with van der Waals surface area (Å²) >= 11 is 0. The molecule has 98 valence electrons. The standard InChI is InChI=1S/C15H21NO2/c1-12(13-8-4-3-5-9-13)16-11-7-6-10-14(16)15(17)18-2/h3-5,8-9,12,14H,6-7,10-11H2,1-2H3/t12-,14?/m0/s1. The number of likely N-dealkylation sites (tertiary alicyclic amines) is 1. The van der Waals surface area contributed by atoms with Crippen LogP contribution in [0.3, 0.4) is 0 Å². The first-order valence-corrected chi connectivity index (χ1v) is 6.62. The molecule has 0 spiro atoms. The minimum Gasteiger partial charge on any atom is -0.468 e. The number of esters is 1. The van der Waals surface area contributed by atoms with Crippen molar-refractivity contribution >= 4 is 5.97 Å². The van der Waals surface area contributed by atoms with E-state index in [9.17, 15) is 4.79 Å². The quantitative estimate of drug-likeness (QED) is 0.769. The first-order chi connectivity index (χ1) is 8.74. The molecule has 1 fully saturated rings. The van der Waals surface area contributed by atoms with Crippen molar-refractivity contribution in [1.29, 1.82) is 0 Å². The van der Waals surface area contributed by atoms with Gasteiger partial charge in [-0.3, -0.25) is 9.69 Å². The molecule has 0 N–H and O–H groups in total. The Hall–Kier alpha value is -1.35. The lowest BCUT2D eigenvalue weighted by molar-refractivity contribution is -0.149. The van der Waals surface area contributed by atoms with Crippen LogP contribution in [-0.2, 0) is 9.53 Å². The molecule has 1 aromatic carbocycles. The van der Waals surface area contributed by atoms with E-state index in [1.54, 1.807) is 0 Å². The molecule has 1 aliphatic heterocycles. The highest BCUT2D eigenvalue weighted by Crippen LogP contribution is 2.28. The van der Waals surface area contributed by atoms with Crippen LogP contribution in [0.2, 0.25) is 0 Å². The fraction of sp³-hybridized carbons (Fsp3) is 0.533. The maximum absolute atomic E-state index is 11.8. The summed E-state index contributed by atoms with van der Waals surface area (Å²) in [6.07, 6.45) is 3.17. The summed E-state index contributed by atoms with van der Waals surface area (Å²) in [5.74, 6) is -0.0996. The molecule has 3 nitrogen and oxygen atoms in total. The third kappa shape index (κ3) is 2.72. The van der Waals surface area contributed by atoms with E-state index < -0.39 is 0 Å². The minimum absolute atomic E-state index is 0.0843. The number of nitrogens with zero attached hydrogens (tertiary/aromatic N) is 1. The van der Waals surface area contributed by atoms with Crippen LogP contribution in [-0.4, -0.2) is 30.6 Å². The summed E-state index contributed by atoms with van der Waals surface area (Å²) in [5, 5.41) is 0. The van der Waals surface area contributed by atoms with Crippen molar-refractivity contribution in [3.8, 4) is 0 Å². The number of benzene rings is 1. The Labute approximate surface area is 109 Å². The highest BCUT2D eigenvalue weighted by Gasteiger charge is 2.32. The largest absolute Gasteiger partial charge is 0.468 e. The van der Waals surface area contributed by atoms with Crippen molar-refractivity contribution in [3.05, 3.63) is 35.9 Å². The Morgan fingerprint density at radius 1 is 1.33 bits per heavy atom. The van der Waals surface area contributed by atoms with E-state index >= 15 is 0 Å². The summed E-state index contributed by atoms with van der Waals surface area (Å²) in [6, 6.07) is 10.5. The maximum atomic E-state index is 11.8. The van der Waals surface area contributed by atoms with Gasteiger partial charge in [-0.05, 0) is 31.9 Å². The van der Waals surface area contributed by atoms with Gasteiger partial charge in [0.1, 0.15) is 6.04 Å². The lowest BCUT2D eigenvalue weighted by Crippen LogP contribution is -2.46. The zero-order valence-electron chi connectivity index (χ0n) is 11.1. The SMILES string of the molecule is COC(=O)C1CCCCN1[C@@H](C)c1ccccc1. The highest BCUT2D eigenvalue weighted by atomic mass is 16.5. The van der Waals surface area contributed by atoms with E-state index in [-0.39, 0.29) is 18.1 Å². The molecule has 18 heavy (non-hydrogen) atoms. The predicted molar refractivity (Wildman–Crippen MR) is 71.2 cm³/mol. The molecule has 0 radical (unpaired) electrons. The molecule has 1 aliphatic rings. The van der Waals surface area contributed by atoms with E-state index in [0.717, 1.165) is 25.8 Å². The molecule has 1 saturated heterocycles. The third-order valence-corrected chi connectivity index (χ3v) is 3.80. The lowest BCUT2D eigenvalue weighted by atomic mass is 9.97. The molecular weight excluding hydrogens is 226 g/mol. The van der Waals surface area contributed by atoms with Gasteiger partial charge in [-0.2, -0.15) is 0 Å². The molecule has 0 saturated carbocycles. The first-order valence-electron chi connectivity index (χ1n) is 6.62. The summed E-state index contributed by atoms with van der Waals surface area (Å²) in [6.45, 7) is 3.13. The Bertz CT molecular complexity index is 391. The molecule has 2 atom stereocenters. The van der Waals surface area contributed by atoms with Crippen LogP contribution in [0.25, 0.3) is 0 Å². The third-order valence-electron chi connectivity index (χ3n) is 3.80. The molecule has 0 bridgehead atoms. The second kappa shape index (κ2) is 6.01. The number of methoxy groups -OCH3 is 1. The van der Waals surface area contributed by atoms with Gasteiger partial charge in [0, 0.05) is 6.04 Å². The summed E-state index contributed by atoms with van der Waals surface area (Å²) < 4.78 is 4.93. The van der Waals surface area contributed by atoms with Crippen LogP contribution in [0.1, 0.15) is 37.8 Å². The summed E-state index contributed by atoms with van der Waals surface area (Å²) in [7, 11) is 1.47. The van der Waals surface area contributed by atoms with Crippen LogP contribution in [0.4, 0.5) is 0 Å². The van der Waals surface area contributed by atoms with Crippen molar-refractivity contribution in [2.75, 3.05) is 13.7 Å². The number of carbonyl (C=O) groups is 1. The number of hydrogen-bond acceptors (Lipinski definition) is 3. The summed E-state index contributed by atoms with van der Waals surface area (Å²) in [5.41, 5.74) is 1.26. The van der Waals surface area contributed by atoms with Gasteiger partial charge in [0.05, 0.1) is 7.11 Å². The fourth-order valence-electron chi connectivity index (χ4n) is 2.73. The van der Waals surface area contributed by atoms with Crippen molar-refractivity contribution in [3.63, 3.8) is 0 Å². The Morgan fingerprint density at radius 2 is 2.06 bits per heavy atom. The van der Waals surface area contributed by atoms with Gasteiger partial charge >= 0.3 is 5.97 Å². The van der Waals surface area contributed by atoms with Crippen LogP contribution >= 0.6 is 0 Å². The molecule has 0 aliphatic carbocycles. The van der Waals surface area contributed by atoms with Crippen LogP contribution < -0.4 is 0 Å². The van der Waals surface area contributed by atoms with Gasteiger partial charge < -0.3 is 4.74 Å². The van der Waals surface area contributed by atoms with E-state index in [1.807, 2.05) is 18.2 Å². The normalized spacial score (nSPS) is 22.4. The zero-order valence-corrected chi connectivity index (χ0v) is 11.1. The highest BCUT2D eigenvalue weighted by molar-refractivity contribution is 5.75. The molecule has 3 heteroatoms. The fourth-order valence-corrected chi connectivity index (χ4v) is 2.73. The summed E-state index contributed by atoms with van der Waals surface area (Å²) in [4.78, 5) is 14.1. The number of carbonyl (C=O) groups excluding carboxylic acids is 1. The predicted octanol–water partition coefficient (Wildman–Crippen LogP) is 2.78. The minimum atomic E-state index is -0.0996. The van der Waals surface area contributed by atoms with Crippen molar-refractivity contribution < 1.29 is 9.53 Å². The number of rotatable bonds is 3. The zero-order chi connectivity index (χ0) is 13.0. The Balaban J connectivity index is 2.16. The van der Waals surface area contributed by atoms with Crippen LogP contribution in [0.15, 0.2) is 30.3 Å². The van der Waals surface area contributed by atoms with Crippen molar-refractivity contribution in [2.24, 2.45) is 0 Å². The van der Waals surface area contributed by atoms with Gasteiger partial charge in [0.25, 0.3) is 0 Å². The lowest BCUT2D eigenvalue weighted by Gasteiger charge is -2.38. The van der Waals surface area contributed by atoms with Gasteiger partial charge in [0.2, 0.25) is 0 Å². The van der Waals surface area contributed by atoms with Gasteiger partial charge in [-0.25, -0.2) is 0 Å². The van der Waals surface area contributed by atoms with Gasteiger partial charge in [-0.15, -0.1) is 0 Å². The van der Waals surface area contributed by atoms with E-state index in [1.165, 1.54) is 12.7 Å². The average molecular weight is 247 g/mol. The van der Waals surface area contributed by atoms with Gasteiger partial charge in [-0.1, -0.05) is 36.8 Å². The maximum Gasteiger partial charge on any atom is 0.323 e. The molecular formula is C15H21NO2. The second-order valence-electron chi connectivity index (χ2n) is 4.86. The Kier molecular flexibility index (Phi) is 4.37. The molecule has 0 amide bonds. The monoisotopic (exact) mass is 247 g/mol. The number of ether oxygens (including phenoxy) is 1. The van der Waals surface area contributed by atoms with Crippen molar-refractivity contribution in [2.45, 2.75) is 38.3 Å². The van der Waals surface area contributed by atoms with Crippen LogP contribution in [0.5, 0.6) is 0 Å². The van der Waals surface area contributed by atoms with E-state index in [0.29, 0.717) is 0 Å². The molecule has 2 rings (SSSR count). The second-order valence-corrected chi connectivity index (χ2v) is 4.86. The Morgan fingerprint density at radius 3 is 2.72 bits per heavy atom. The van der Waals surface area contributed by atoms with Crippen molar-refractivity contribution in [1.82, 2.24) is 4.90 Å². The van der Waals surface area contributed by atoms with E-state index in [4.69, 9.17) is 4.74 Å².